The van der Waals surface area contributed by atoms with Gasteiger partial charge in [-0.25, -0.2) is 17.9 Å². The lowest BCUT2D eigenvalue weighted by Gasteiger charge is -2.30. The molecular weight excluding hydrogens is 370 g/mol. The van der Waals surface area contributed by atoms with Crippen molar-refractivity contribution < 1.29 is 23.1 Å². The summed E-state index contributed by atoms with van der Waals surface area (Å²) in [6, 6.07) is 4.24. The first-order valence-electron chi connectivity index (χ1n) is 8.82. The van der Waals surface area contributed by atoms with E-state index in [1.165, 1.54) is 11.0 Å². The van der Waals surface area contributed by atoms with Crippen molar-refractivity contribution in [3.8, 4) is 0 Å². The highest BCUT2D eigenvalue weighted by Gasteiger charge is 2.29. The second-order valence-electron chi connectivity index (χ2n) is 7.89. The summed E-state index contributed by atoms with van der Waals surface area (Å²) in [5.41, 5.74) is 0.274. The van der Waals surface area contributed by atoms with E-state index in [0.717, 1.165) is 0 Å². The summed E-state index contributed by atoms with van der Waals surface area (Å²) in [5, 5.41) is 11.8. The summed E-state index contributed by atoms with van der Waals surface area (Å²) >= 11 is 0. The summed E-state index contributed by atoms with van der Waals surface area (Å²) in [4.78, 5) is 25.2. The minimum atomic E-state index is -3.74. The molecule has 1 aliphatic rings. The zero-order valence-corrected chi connectivity index (χ0v) is 16.9. The van der Waals surface area contributed by atoms with E-state index in [2.05, 4.69) is 10.0 Å². The molecule has 0 aliphatic carbocycles. The number of sulfonamides is 1. The van der Waals surface area contributed by atoms with Crippen molar-refractivity contribution in [2.24, 2.45) is 5.92 Å². The number of hydrogen-bond acceptors (Lipinski definition) is 4. The van der Waals surface area contributed by atoms with Crippen molar-refractivity contribution in [1.29, 1.82) is 0 Å². The van der Waals surface area contributed by atoms with Gasteiger partial charge in [-0.1, -0.05) is 6.07 Å². The molecule has 2 amide bonds. The van der Waals surface area contributed by atoms with Crippen LogP contribution in [0.3, 0.4) is 0 Å². The van der Waals surface area contributed by atoms with Gasteiger partial charge in [0.1, 0.15) is 0 Å². The van der Waals surface area contributed by atoms with Crippen molar-refractivity contribution in [2.75, 3.05) is 18.4 Å². The van der Waals surface area contributed by atoms with Crippen molar-refractivity contribution in [2.45, 2.75) is 51.0 Å². The van der Waals surface area contributed by atoms with Crippen LogP contribution in [0.4, 0.5) is 10.5 Å². The molecule has 150 valence electrons. The summed E-state index contributed by atoms with van der Waals surface area (Å²) < 4.78 is 27.9. The number of benzene rings is 1. The molecule has 1 aliphatic heterocycles. The van der Waals surface area contributed by atoms with Gasteiger partial charge in [0.05, 0.1) is 10.8 Å². The second kappa shape index (κ2) is 7.85. The number of carboxylic acids is 1. The Labute approximate surface area is 160 Å². The van der Waals surface area contributed by atoms with E-state index in [9.17, 15) is 18.0 Å². The summed E-state index contributed by atoms with van der Waals surface area (Å²) in [5.74, 6) is -1.49. The topological polar surface area (TPSA) is 116 Å². The molecule has 1 atom stereocenters. The second-order valence-corrected chi connectivity index (χ2v) is 9.54. The summed E-state index contributed by atoms with van der Waals surface area (Å²) in [6.45, 7) is 7.55. The molecule has 27 heavy (non-hydrogen) atoms. The predicted molar refractivity (Wildman–Crippen MR) is 102 cm³/mol. The molecule has 1 saturated heterocycles. The Bertz CT molecular complexity index is 830. The number of piperidine rings is 1. The Balaban J connectivity index is 2.18. The predicted octanol–water partition coefficient (Wildman–Crippen LogP) is 2.40. The molecular formula is C18H27N3O5S. The van der Waals surface area contributed by atoms with E-state index in [-0.39, 0.29) is 11.4 Å². The standard InChI is InChI=1S/C18H27N3O5S/c1-12-7-8-14(10-15(12)27(25,26)20-18(2,3)4)19-17(24)21-9-5-6-13(11-21)16(22)23/h7-8,10,13,20H,5-6,9,11H2,1-4H3,(H,19,24)(H,22,23). The monoisotopic (exact) mass is 397 g/mol. The largest absolute Gasteiger partial charge is 0.481 e. The van der Waals surface area contributed by atoms with Gasteiger partial charge in [0.25, 0.3) is 0 Å². The minimum absolute atomic E-state index is 0.0947. The third-order valence-corrected chi connectivity index (χ3v) is 6.13. The molecule has 0 saturated carbocycles. The van der Waals surface area contributed by atoms with Gasteiger partial charge in [-0.2, -0.15) is 0 Å². The number of urea groups is 1. The van der Waals surface area contributed by atoms with E-state index < -0.39 is 33.5 Å². The van der Waals surface area contributed by atoms with Crippen LogP contribution in [0, 0.1) is 12.8 Å². The lowest BCUT2D eigenvalue weighted by atomic mass is 9.99. The average Bonchev–Trinajstić information content (AvgIpc) is 2.54. The maximum Gasteiger partial charge on any atom is 0.321 e. The van der Waals surface area contributed by atoms with E-state index in [4.69, 9.17) is 5.11 Å². The van der Waals surface area contributed by atoms with Crippen LogP contribution in [0.5, 0.6) is 0 Å². The number of nitrogens with zero attached hydrogens (tertiary/aromatic N) is 1. The zero-order valence-electron chi connectivity index (χ0n) is 16.1. The van der Waals surface area contributed by atoms with E-state index >= 15 is 0 Å². The molecule has 1 unspecified atom stereocenters. The van der Waals surface area contributed by atoms with Crippen LogP contribution in [0.1, 0.15) is 39.2 Å². The van der Waals surface area contributed by atoms with E-state index in [1.807, 2.05) is 0 Å². The summed E-state index contributed by atoms with van der Waals surface area (Å²) in [6.07, 6.45) is 1.16. The van der Waals surface area contributed by atoms with Gasteiger partial charge in [0.15, 0.2) is 0 Å². The number of aryl methyl sites for hydroxylation is 1. The number of carbonyl (C=O) groups is 2. The number of nitrogens with one attached hydrogen (secondary N) is 2. The fourth-order valence-corrected chi connectivity index (χ4v) is 4.68. The van der Waals surface area contributed by atoms with Crippen molar-refractivity contribution >= 4 is 27.7 Å². The van der Waals surface area contributed by atoms with E-state index in [0.29, 0.717) is 30.6 Å². The van der Waals surface area contributed by atoms with Crippen LogP contribution < -0.4 is 10.0 Å². The van der Waals surface area contributed by atoms with E-state index in [1.54, 1.807) is 39.8 Å². The van der Waals surface area contributed by atoms with Crippen molar-refractivity contribution in [1.82, 2.24) is 9.62 Å². The number of carboxylic acid groups (broad SMARTS) is 1. The molecule has 9 heteroatoms. The van der Waals surface area contributed by atoms with Gasteiger partial charge >= 0.3 is 12.0 Å². The first kappa shape index (κ1) is 21.2. The molecule has 1 fully saturated rings. The first-order valence-corrected chi connectivity index (χ1v) is 10.3. The summed E-state index contributed by atoms with van der Waals surface area (Å²) in [7, 11) is -3.74. The molecule has 0 bridgehead atoms. The molecule has 1 aromatic carbocycles. The van der Waals surface area contributed by atoms with Gasteiger partial charge in [-0.05, 0) is 58.2 Å². The third kappa shape index (κ3) is 5.67. The molecule has 0 spiro atoms. The molecule has 0 aromatic heterocycles. The highest BCUT2D eigenvalue weighted by molar-refractivity contribution is 7.89. The van der Waals surface area contributed by atoms with Gasteiger partial charge in [0.2, 0.25) is 10.0 Å². The number of carbonyl (C=O) groups excluding carboxylic acids is 1. The normalized spacial score (nSPS) is 18.2. The van der Waals surface area contributed by atoms with Crippen molar-refractivity contribution in [3.63, 3.8) is 0 Å². The molecule has 0 radical (unpaired) electrons. The third-order valence-electron chi connectivity index (χ3n) is 4.23. The minimum Gasteiger partial charge on any atom is -0.481 e. The fraction of sp³-hybridized carbons (Fsp3) is 0.556. The van der Waals surface area contributed by atoms with Gasteiger partial charge < -0.3 is 15.3 Å². The lowest BCUT2D eigenvalue weighted by molar-refractivity contribution is -0.143. The van der Waals surface area contributed by atoms with Crippen LogP contribution in [-0.2, 0) is 14.8 Å². The Morgan fingerprint density at radius 2 is 1.93 bits per heavy atom. The fourth-order valence-electron chi connectivity index (χ4n) is 2.99. The average molecular weight is 397 g/mol. The quantitative estimate of drug-likeness (QED) is 0.721. The van der Waals surface area contributed by atoms with Crippen LogP contribution in [0.2, 0.25) is 0 Å². The number of hydrogen-bond donors (Lipinski definition) is 3. The van der Waals surface area contributed by atoms with Crippen LogP contribution in [0.15, 0.2) is 23.1 Å². The number of amides is 2. The highest BCUT2D eigenvalue weighted by Crippen LogP contribution is 2.23. The highest BCUT2D eigenvalue weighted by atomic mass is 32.2. The van der Waals surface area contributed by atoms with Crippen LogP contribution >= 0.6 is 0 Å². The Kier molecular flexibility index (Phi) is 6.16. The van der Waals surface area contributed by atoms with Crippen molar-refractivity contribution in [3.05, 3.63) is 23.8 Å². The maximum atomic E-state index is 12.6. The molecule has 2 rings (SSSR count). The Morgan fingerprint density at radius 3 is 2.52 bits per heavy atom. The molecule has 1 heterocycles. The molecule has 3 N–H and O–H groups in total. The van der Waals surface area contributed by atoms with Gasteiger partial charge in [-0.3, -0.25) is 4.79 Å². The molecule has 1 aromatic rings. The maximum absolute atomic E-state index is 12.6. The van der Waals surface area contributed by atoms with Crippen LogP contribution in [0.25, 0.3) is 0 Å². The number of rotatable bonds is 4. The SMILES string of the molecule is Cc1ccc(NC(=O)N2CCCC(C(=O)O)C2)cc1S(=O)(=O)NC(C)(C)C. The Morgan fingerprint density at radius 1 is 1.26 bits per heavy atom. The van der Waals surface area contributed by atoms with Crippen LogP contribution in [-0.4, -0.2) is 49.1 Å². The number of likely N-dealkylation sites (tertiary alicyclic amines) is 1. The smallest absolute Gasteiger partial charge is 0.321 e. The van der Waals surface area contributed by atoms with Gasteiger partial charge in [-0.15, -0.1) is 0 Å². The Hall–Kier alpha value is -2.13. The first-order chi connectivity index (χ1) is 12.4. The number of anilines is 1. The number of aliphatic carboxylic acids is 1. The lowest BCUT2D eigenvalue weighted by Crippen LogP contribution is -2.44. The molecule has 8 nitrogen and oxygen atoms in total. The zero-order chi connectivity index (χ0) is 20.4. The van der Waals surface area contributed by atoms with Gasteiger partial charge in [0, 0.05) is 24.3 Å².